The van der Waals surface area contributed by atoms with E-state index < -0.39 is 5.82 Å². The second-order valence-electron chi connectivity index (χ2n) is 5.18. The fraction of sp³-hybridized carbons (Fsp3) is 0.333. The van der Waals surface area contributed by atoms with Crippen LogP contribution in [0.3, 0.4) is 0 Å². The number of hydrogen-bond acceptors (Lipinski definition) is 5. The topological polar surface area (TPSA) is 41.5 Å². The highest BCUT2D eigenvalue weighted by atomic mass is 35.5. The quantitative estimate of drug-likeness (QED) is 0.869. The molecule has 2 heterocycles. The first kappa shape index (κ1) is 15.0. The summed E-state index contributed by atoms with van der Waals surface area (Å²) in [6, 6.07) is 5.75. The van der Waals surface area contributed by atoms with Crippen molar-refractivity contribution in [2.24, 2.45) is 0 Å². The van der Waals surface area contributed by atoms with E-state index in [9.17, 15) is 4.39 Å². The van der Waals surface area contributed by atoms with Crippen molar-refractivity contribution in [3.05, 3.63) is 41.4 Å². The minimum absolute atomic E-state index is 0.208. The lowest BCUT2D eigenvalue weighted by atomic mass is 10.3. The number of rotatable bonds is 3. The number of aromatic nitrogens is 2. The minimum atomic E-state index is -0.404. The van der Waals surface area contributed by atoms with E-state index in [4.69, 9.17) is 16.3 Å². The number of anilines is 1. The maximum atomic E-state index is 13.0. The van der Waals surface area contributed by atoms with Crippen molar-refractivity contribution in [3.8, 4) is 11.6 Å². The summed E-state index contributed by atoms with van der Waals surface area (Å²) in [5, 5.41) is 0.208. The van der Waals surface area contributed by atoms with Crippen LogP contribution in [0.5, 0.6) is 11.6 Å². The summed E-state index contributed by atoms with van der Waals surface area (Å²) in [4.78, 5) is 12.8. The maximum Gasteiger partial charge on any atom is 0.224 e. The Morgan fingerprint density at radius 3 is 2.64 bits per heavy atom. The molecule has 0 saturated carbocycles. The van der Waals surface area contributed by atoms with Crippen LogP contribution in [0.25, 0.3) is 0 Å². The maximum absolute atomic E-state index is 13.0. The van der Waals surface area contributed by atoms with Crippen molar-refractivity contribution in [2.75, 3.05) is 38.1 Å². The lowest BCUT2D eigenvalue weighted by Crippen LogP contribution is -2.44. The van der Waals surface area contributed by atoms with Crippen LogP contribution in [-0.2, 0) is 0 Å². The van der Waals surface area contributed by atoms with Crippen molar-refractivity contribution < 1.29 is 9.13 Å². The van der Waals surface area contributed by atoms with E-state index in [2.05, 4.69) is 26.8 Å². The Balaban J connectivity index is 1.76. The van der Waals surface area contributed by atoms with Crippen LogP contribution in [0.4, 0.5) is 10.2 Å². The average molecular weight is 323 g/mol. The molecule has 0 radical (unpaired) electrons. The number of benzene rings is 1. The molecule has 2 aromatic rings. The molecule has 0 unspecified atom stereocenters. The van der Waals surface area contributed by atoms with Gasteiger partial charge in [0.15, 0.2) is 0 Å². The summed E-state index contributed by atoms with van der Waals surface area (Å²) < 4.78 is 18.7. The Bertz CT molecular complexity index is 662. The third kappa shape index (κ3) is 3.45. The Morgan fingerprint density at radius 1 is 1.14 bits per heavy atom. The van der Waals surface area contributed by atoms with E-state index in [0.717, 1.165) is 32.0 Å². The first-order valence-electron chi connectivity index (χ1n) is 7.00. The molecule has 7 heteroatoms. The molecule has 0 atom stereocenters. The number of ether oxygens (including phenoxy) is 1. The predicted molar refractivity (Wildman–Crippen MR) is 83.2 cm³/mol. The largest absolute Gasteiger partial charge is 0.437 e. The highest BCUT2D eigenvalue weighted by Crippen LogP contribution is 2.29. The van der Waals surface area contributed by atoms with Crippen molar-refractivity contribution in [1.82, 2.24) is 14.9 Å². The molecular weight excluding hydrogens is 307 g/mol. The van der Waals surface area contributed by atoms with Gasteiger partial charge >= 0.3 is 0 Å². The van der Waals surface area contributed by atoms with Gasteiger partial charge in [-0.15, -0.1) is 0 Å². The second-order valence-corrected chi connectivity index (χ2v) is 5.59. The summed E-state index contributed by atoms with van der Waals surface area (Å²) in [6.45, 7) is 3.79. The zero-order valence-electron chi connectivity index (χ0n) is 12.2. The molecule has 1 aromatic heterocycles. The van der Waals surface area contributed by atoms with Crippen LogP contribution < -0.4 is 9.64 Å². The Hall–Kier alpha value is -1.92. The van der Waals surface area contributed by atoms with Crippen LogP contribution in [0.1, 0.15) is 0 Å². The second kappa shape index (κ2) is 6.46. The molecule has 3 rings (SSSR count). The smallest absolute Gasteiger partial charge is 0.224 e. The van der Waals surface area contributed by atoms with Crippen LogP contribution >= 0.6 is 11.6 Å². The number of piperazine rings is 1. The summed E-state index contributed by atoms with van der Waals surface area (Å²) in [5.74, 6) is 1.16. The molecule has 0 spiro atoms. The van der Waals surface area contributed by atoms with E-state index in [-0.39, 0.29) is 5.02 Å². The molecule has 1 aromatic carbocycles. The highest BCUT2D eigenvalue weighted by Gasteiger charge is 2.16. The number of likely N-dealkylation sites (N-methyl/N-ethyl adjacent to an activating group) is 1. The summed E-state index contributed by atoms with van der Waals surface area (Å²) in [6.07, 6.45) is 1.46. The van der Waals surface area contributed by atoms with Crippen LogP contribution in [0.2, 0.25) is 5.02 Å². The fourth-order valence-electron chi connectivity index (χ4n) is 2.26. The number of hydrogen-bond donors (Lipinski definition) is 0. The zero-order chi connectivity index (χ0) is 15.5. The molecule has 0 N–H and O–H groups in total. The molecule has 1 aliphatic rings. The summed E-state index contributed by atoms with van der Waals surface area (Å²) in [5.41, 5.74) is 0. The van der Waals surface area contributed by atoms with Crippen LogP contribution in [0.15, 0.2) is 30.6 Å². The molecule has 0 amide bonds. The van der Waals surface area contributed by atoms with Crippen LogP contribution in [0, 0.1) is 5.82 Å². The van der Waals surface area contributed by atoms with Gasteiger partial charge in [0.05, 0.1) is 5.02 Å². The molecule has 0 bridgehead atoms. The van der Waals surface area contributed by atoms with E-state index in [1.165, 1.54) is 24.5 Å². The lowest BCUT2D eigenvalue weighted by Gasteiger charge is -2.33. The van der Waals surface area contributed by atoms with Gasteiger partial charge in [-0.2, -0.15) is 0 Å². The fourth-order valence-corrected chi connectivity index (χ4v) is 2.47. The Kier molecular flexibility index (Phi) is 4.40. The predicted octanol–water partition coefficient (Wildman–Crippen LogP) is 2.81. The summed E-state index contributed by atoms with van der Waals surface area (Å²) >= 11 is 5.96. The van der Waals surface area contributed by atoms with E-state index in [1.807, 2.05) is 0 Å². The molecule has 1 aliphatic heterocycles. The molecule has 116 valence electrons. The highest BCUT2D eigenvalue weighted by molar-refractivity contribution is 6.32. The van der Waals surface area contributed by atoms with E-state index in [0.29, 0.717) is 11.6 Å². The van der Waals surface area contributed by atoms with Gasteiger partial charge in [0.1, 0.15) is 23.7 Å². The molecule has 1 fully saturated rings. The Morgan fingerprint density at radius 2 is 1.91 bits per heavy atom. The third-order valence-corrected chi connectivity index (χ3v) is 3.86. The lowest BCUT2D eigenvalue weighted by molar-refractivity contribution is 0.312. The third-order valence-electron chi connectivity index (χ3n) is 3.56. The van der Waals surface area contributed by atoms with E-state index in [1.54, 1.807) is 6.07 Å². The van der Waals surface area contributed by atoms with Crippen LogP contribution in [-0.4, -0.2) is 48.1 Å². The van der Waals surface area contributed by atoms with Gasteiger partial charge in [0.25, 0.3) is 0 Å². The first-order chi connectivity index (χ1) is 10.6. The Labute approximate surface area is 133 Å². The van der Waals surface area contributed by atoms with Gasteiger partial charge in [-0.25, -0.2) is 14.4 Å². The molecule has 22 heavy (non-hydrogen) atoms. The van der Waals surface area contributed by atoms with Crippen molar-refractivity contribution in [2.45, 2.75) is 0 Å². The average Bonchev–Trinajstić information content (AvgIpc) is 2.51. The number of halogens is 2. The standard InChI is InChI=1S/C15H16ClFN4O/c1-20-4-6-21(7-5-20)14-9-15(19-10-18-14)22-13-3-2-11(17)8-12(13)16/h2-3,8-10H,4-7H2,1H3. The van der Waals surface area contributed by atoms with E-state index >= 15 is 0 Å². The molecular formula is C15H16ClFN4O. The SMILES string of the molecule is CN1CCN(c2cc(Oc3ccc(F)cc3Cl)ncn2)CC1. The van der Waals surface area contributed by atoms with Gasteiger partial charge in [-0.1, -0.05) is 11.6 Å². The minimum Gasteiger partial charge on any atom is -0.437 e. The van der Waals surface area contributed by atoms with Gasteiger partial charge in [0, 0.05) is 32.2 Å². The normalized spacial score (nSPS) is 15.9. The van der Waals surface area contributed by atoms with Gasteiger partial charge in [0.2, 0.25) is 5.88 Å². The van der Waals surface area contributed by atoms with Crippen molar-refractivity contribution in [1.29, 1.82) is 0 Å². The monoisotopic (exact) mass is 322 g/mol. The van der Waals surface area contributed by atoms with Gasteiger partial charge in [-0.3, -0.25) is 0 Å². The van der Waals surface area contributed by atoms with Crippen molar-refractivity contribution in [3.63, 3.8) is 0 Å². The number of nitrogens with zero attached hydrogens (tertiary/aromatic N) is 4. The first-order valence-corrected chi connectivity index (χ1v) is 7.38. The summed E-state index contributed by atoms with van der Waals surface area (Å²) in [7, 11) is 2.10. The van der Waals surface area contributed by atoms with Gasteiger partial charge < -0.3 is 14.5 Å². The van der Waals surface area contributed by atoms with Gasteiger partial charge in [-0.05, 0) is 25.2 Å². The van der Waals surface area contributed by atoms with Crippen molar-refractivity contribution >= 4 is 17.4 Å². The molecule has 5 nitrogen and oxygen atoms in total. The zero-order valence-corrected chi connectivity index (χ0v) is 12.9. The molecule has 0 aliphatic carbocycles. The molecule has 1 saturated heterocycles.